The third kappa shape index (κ3) is 6.73. The number of hydrazone groups is 1. The van der Waals surface area contributed by atoms with Crippen LogP contribution in [-0.2, 0) is 20.9 Å². The summed E-state index contributed by atoms with van der Waals surface area (Å²) < 4.78 is 5.12. The number of amides is 3. The maximum atomic E-state index is 11.8. The monoisotopic (exact) mass is 402 g/mol. The summed E-state index contributed by atoms with van der Waals surface area (Å²) in [7, 11) is 0. The van der Waals surface area contributed by atoms with Gasteiger partial charge in [-0.2, -0.15) is 5.10 Å². The molecule has 8 nitrogen and oxygen atoms in total. The number of hydrogen-bond acceptors (Lipinski definition) is 5. The summed E-state index contributed by atoms with van der Waals surface area (Å²) in [4.78, 5) is 34.2. The number of aryl methyl sites for hydroxylation is 1. The van der Waals surface area contributed by atoms with Crippen molar-refractivity contribution in [3.05, 3.63) is 64.2 Å². The first-order valence-corrected chi connectivity index (χ1v) is 8.60. The number of nitrogens with one attached hydrogen (secondary N) is 2. The second-order valence-electron chi connectivity index (χ2n) is 5.81. The highest BCUT2D eigenvalue weighted by atomic mass is 35.5. The standard InChI is InChI=1S/C19H19ClN4O4/c1-12-2-4-13(5-3-12)9-22-18(26)19(27)24-23-10-14-6-7-16(15(20)8-14)28-11-17(21)25/h2-8,10H,9,11H2,1H3,(H2,21,25)(H,22,26)(H,24,27)/b23-10-. The number of primary amides is 1. The fourth-order valence-corrected chi connectivity index (χ4v) is 2.29. The van der Waals surface area contributed by atoms with Gasteiger partial charge in [0.05, 0.1) is 11.2 Å². The van der Waals surface area contributed by atoms with Crippen LogP contribution in [-0.4, -0.2) is 30.5 Å². The SMILES string of the molecule is Cc1ccc(CNC(=O)C(=O)N/N=C\c2ccc(OCC(N)=O)c(Cl)c2)cc1. The predicted octanol–water partition coefficient (Wildman–Crippen LogP) is 1.28. The van der Waals surface area contributed by atoms with Crippen LogP contribution in [0.1, 0.15) is 16.7 Å². The summed E-state index contributed by atoms with van der Waals surface area (Å²) in [6.45, 7) is 1.90. The highest BCUT2D eigenvalue weighted by Gasteiger charge is 2.12. The first-order chi connectivity index (χ1) is 13.3. The zero-order valence-electron chi connectivity index (χ0n) is 15.1. The van der Waals surface area contributed by atoms with Crippen molar-refractivity contribution in [2.75, 3.05) is 6.61 Å². The summed E-state index contributed by atoms with van der Waals surface area (Å²) in [6.07, 6.45) is 1.31. The van der Waals surface area contributed by atoms with Crippen LogP contribution >= 0.6 is 11.6 Å². The van der Waals surface area contributed by atoms with E-state index < -0.39 is 17.7 Å². The fraction of sp³-hybridized carbons (Fsp3) is 0.158. The van der Waals surface area contributed by atoms with Gasteiger partial charge >= 0.3 is 11.8 Å². The van der Waals surface area contributed by atoms with Crippen molar-refractivity contribution in [2.24, 2.45) is 10.8 Å². The molecular weight excluding hydrogens is 384 g/mol. The van der Waals surface area contributed by atoms with E-state index in [2.05, 4.69) is 15.8 Å². The largest absolute Gasteiger partial charge is 0.482 e. The van der Waals surface area contributed by atoms with Crippen LogP contribution < -0.4 is 21.2 Å². The topological polar surface area (TPSA) is 123 Å². The molecule has 2 aromatic carbocycles. The third-order valence-electron chi connectivity index (χ3n) is 3.49. The van der Waals surface area contributed by atoms with Gasteiger partial charge in [0, 0.05) is 6.54 Å². The van der Waals surface area contributed by atoms with Crippen molar-refractivity contribution in [2.45, 2.75) is 13.5 Å². The van der Waals surface area contributed by atoms with E-state index in [-0.39, 0.29) is 23.9 Å². The summed E-state index contributed by atoms with van der Waals surface area (Å²) in [6, 6.07) is 12.2. The van der Waals surface area contributed by atoms with Gasteiger partial charge in [-0.1, -0.05) is 41.4 Å². The molecule has 0 aliphatic carbocycles. The van der Waals surface area contributed by atoms with E-state index in [1.165, 1.54) is 18.3 Å². The highest BCUT2D eigenvalue weighted by Crippen LogP contribution is 2.24. The Morgan fingerprint density at radius 3 is 2.50 bits per heavy atom. The lowest BCUT2D eigenvalue weighted by molar-refractivity contribution is -0.139. The molecule has 146 valence electrons. The molecule has 9 heteroatoms. The third-order valence-corrected chi connectivity index (χ3v) is 3.78. The normalized spacial score (nSPS) is 10.5. The molecule has 0 atom stereocenters. The Balaban J connectivity index is 1.83. The number of rotatable bonds is 7. The molecule has 0 heterocycles. The number of halogens is 1. The van der Waals surface area contributed by atoms with Crippen LogP contribution in [0.5, 0.6) is 5.75 Å². The molecule has 2 rings (SSSR count). The van der Waals surface area contributed by atoms with E-state index in [4.69, 9.17) is 22.1 Å². The number of hydrogen-bond donors (Lipinski definition) is 3. The number of nitrogens with zero attached hydrogens (tertiary/aromatic N) is 1. The summed E-state index contributed by atoms with van der Waals surface area (Å²) in [5.74, 6) is -2.02. The van der Waals surface area contributed by atoms with Crippen LogP contribution in [0.2, 0.25) is 5.02 Å². The molecule has 0 radical (unpaired) electrons. The van der Waals surface area contributed by atoms with Crippen LogP contribution in [0.4, 0.5) is 0 Å². The van der Waals surface area contributed by atoms with E-state index in [9.17, 15) is 14.4 Å². The maximum Gasteiger partial charge on any atom is 0.329 e. The van der Waals surface area contributed by atoms with Gasteiger partial charge in [-0.25, -0.2) is 5.43 Å². The van der Waals surface area contributed by atoms with Crippen LogP contribution in [0.25, 0.3) is 0 Å². The Morgan fingerprint density at radius 2 is 1.86 bits per heavy atom. The highest BCUT2D eigenvalue weighted by molar-refractivity contribution is 6.35. The van der Waals surface area contributed by atoms with E-state index in [0.717, 1.165) is 11.1 Å². The molecular formula is C19H19ClN4O4. The van der Waals surface area contributed by atoms with Crippen molar-refractivity contribution < 1.29 is 19.1 Å². The molecule has 0 aliphatic heterocycles. The molecule has 0 unspecified atom stereocenters. The molecule has 4 N–H and O–H groups in total. The Labute approximate surface area is 166 Å². The van der Waals surface area contributed by atoms with E-state index in [1.54, 1.807) is 6.07 Å². The first-order valence-electron chi connectivity index (χ1n) is 8.22. The minimum Gasteiger partial charge on any atom is -0.482 e. The predicted molar refractivity (Wildman–Crippen MR) is 105 cm³/mol. The average Bonchev–Trinajstić information content (AvgIpc) is 2.66. The molecule has 0 spiro atoms. The molecule has 0 saturated heterocycles. The fourth-order valence-electron chi connectivity index (χ4n) is 2.05. The van der Waals surface area contributed by atoms with Crippen molar-refractivity contribution in [3.8, 4) is 5.75 Å². The lowest BCUT2D eigenvalue weighted by Crippen LogP contribution is -2.37. The van der Waals surface area contributed by atoms with Crippen LogP contribution in [0, 0.1) is 6.92 Å². The average molecular weight is 403 g/mol. The zero-order valence-corrected chi connectivity index (χ0v) is 15.8. The molecule has 3 amide bonds. The lowest BCUT2D eigenvalue weighted by atomic mass is 10.1. The quantitative estimate of drug-likeness (QED) is 0.366. The lowest BCUT2D eigenvalue weighted by Gasteiger charge is -2.06. The van der Waals surface area contributed by atoms with Gasteiger partial charge in [-0.15, -0.1) is 0 Å². The first kappa shape index (κ1) is 20.9. The van der Waals surface area contributed by atoms with Gasteiger partial charge in [-0.05, 0) is 36.2 Å². The number of carbonyl (C=O) groups excluding carboxylic acids is 3. The molecule has 0 saturated carbocycles. The van der Waals surface area contributed by atoms with Crippen molar-refractivity contribution in [3.63, 3.8) is 0 Å². The van der Waals surface area contributed by atoms with Crippen LogP contribution in [0.15, 0.2) is 47.6 Å². The molecule has 2 aromatic rings. The number of benzene rings is 2. The second kappa shape index (κ2) is 10.1. The Bertz CT molecular complexity index is 897. The minimum atomic E-state index is -0.893. The van der Waals surface area contributed by atoms with Gasteiger partial charge in [0.1, 0.15) is 5.75 Å². The van der Waals surface area contributed by atoms with E-state index in [1.807, 2.05) is 31.2 Å². The van der Waals surface area contributed by atoms with Gasteiger partial charge in [0.15, 0.2) is 6.61 Å². The maximum absolute atomic E-state index is 11.8. The molecule has 0 fully saturated rings. The summed E-state index contributed by atoms with van der Waals surface area (Å²) >= 11 is 6.02. The van der Waals surface area contributed by atoms with Gasteiger partial charge in [0.2, 0.25) is 0 Å². The van der Waals surface area contributed by atoms with Crippen molar-refractivity contribution in [1.29, 1.82) is 0 Å². The molecule has 0 aliphatic rings. The summed E-state index contributed by atoms with van der Waals surface area (Å²) in [5, 5.41) is 6.46. The van der Waals surface area contributed by atoms with Gasteiger partial charge < -0.3 is 15.8 Å². The van der Waals surface area contributed by atoms with Gasteiger partial charge in [-0.3, -0.25) is 14.4 Å². The zero-order chi connectivity index (χ0) is 20.5. The molecule has 0 aromatic heterocycles. The number of carbonyl (C=O) groups is 3. The number of ether oxygens (including phenoxy) is 1. The second-order valence-corrected chi connectivity index (χ2v) is 6.22. The molecule has 28 heavy (non-hydrogen) atoms. The van der Waals surface area contributed by atoms with E-state index >= 15 is 0 Å². The Morgan fingerprint density at radius 1 is 1.14 bits per heavy atom. The smallest absolute Gasteiger partial charge is 0.329 e. The van der Waals surface area contributed by atoms with Gasteiger partial charge in [0.25, 0.3) is 5.91 Å². The van der Waals surface area contributed by atoms with Crippen molar-refractivity contribution >= 4 is 35.5 Å². The molecule has 0 bridgehead atoms. The Hall–Kier alpha value is -3.39. The Kier molecular flexibility index (Phi) is 7.53. The number of nitrogens with two attached hydrogens (primary N) is 1. The summed E-state index contributed by atoms with van der Waals surface area (Å²) in [5.41, 5.74) is 9.67. The van der Waals surface area contributed by atoms with Crippen LogP contribution in [0.3, 0.4) is 0 Å². The van der Waals surface area contributed by atoms with Crippen molar-refractivity contribution in [1.82, 2.24) is 10.7 Å². The minimum absolute atomic E-state index is 0.235. The van der Waals surface area contributed by atoms with E-state index in [0.29, 0.717) is 5.56 Å².